The van der Waals surface area contributed by atoms with E-state index in [2.05, 4.69) is 23.6 Å². The molecule has 0 aromatic rings. The van der Waals surface area contributed by atoms with Gasteiger partial charge in [0, 0.05) is 10.8 Å². The monoisotopic (exact) mass is 218 g/mol. The fraction of sp³-hybridized carbons (Fsp3) is 0.571. The molecule has 0 nitrogen and oxygen atoms in total. The molecule has 3 rings (SSSR count). The van der Waals surface area contributed by atoms with E-state index in [4.69, 9.17) is 0 Å². The maximum Gasteiger partial charge on any atom is 0.0303 e. The molecule has 0 bridgehead atoms. The van der Waals surface area contributed by atoms with Gasteiger partial charge in [0.25, 0.3) is 0 Å². The number of rotatable bonds is 2. The van der Waals surface area contributed by atoms with Crippen molar-refractivity contribution in [3.05, 3.63) is 34.1 Å². The first-order valence-corrected chi connectivity index (χ1v) is 7.05. The van der Waals surface area contributed by atoms with E-state index in [1.165, 1.54) is 38.5 Å². The van der Waals surface area contributed by atoms with Gasteiger partial charge in [-0.25, -0.2) is 0 Å². The lowest BCUT2D eigenvalue weighted by Gasteiger charge is -2.23. The lowest BCUT2D eigenvalue weighted by molar-refractivity contribution is 0.352. The largest absolute Gasteiger partial charge is 0.102 e. The molecule has 1 saturated carbocycles. The van der Waals surface area contributed by atoms with Gasteiger partial charge in [-0.2, -0.15) is 0 Å². The van der Waals surface area contributed by atoms with Crippen molar-refractivity contribution in [3.63, 3.8) is 0 Å². The van der Waals surface area contributed by atoms with Crippen molar-refractivity contribution in [2.45, 2.75) is 38.5 Å². The zero-order valence-corrected chi connectivity index (χ0v) is 9.93. The summed E-state index contributed by atoms with van der Waals surface area (Å²) in [5.41, 5.74) is 1.69. The van der Waals surface area contributed by atoms with Crippen LogP contribution < -0.4 is 0 Å². The topological polar surface area (TPSA) is 0 Å². The number of hydrogen-bond donors (Lipinski definition) is 0. The molecule has 0 amide bonds. The lowest BCUT2D eigenvalue weighted by Crippen LogP contribution is -2.09. The minimum atomic E-state index is 0.678. The van der Waals surface area contributed by atoms with E-state index >= 15 is 0 Å². The van der Waals surface area contributed by atoms with Gasteiger partial charge < -0.3 is 0 Å². The first kappa shape index (κ1) is 9.77. The number of allylic oxidation sites excluding steroid dienone is 5. The summed E-state index contributed by atoms with van der Waals surface area (Å²) in [5, 5.41) is 2.41. The third-order valence-electron chi connectivity index (χ3n) is 3.87. The zero-order chi connectivity index (χ0) is 10.1. The van der Waals surface area contributed by atoms with E-state index in [1.807, 2.05) is 11.8 Å². The van der Waals surface area contributed by atoms with Crippen molar-refractivity contribution in [1.82, 2.24) is 0 Å². The van der Waals surface area contributed by atoms with E-state index in [0.29, 0.717) is 5.92 Å². The van der Waals surface area contributed by atoms with Crippen molar-refractivity contribution in [2.75, 3.05) is 0 Å². The van der Waals surface area contributed by atoms with Gasteiger partial charge in [-0.3, -0.25) is 0 Å². The predicted molar refractivity (Wildman–Crippen MR) is 67.6 cm³/mol. The second kappa shape index (κ2) is 4.21. The Bertz CT molecular complexity index is 329. The highest BCUT2D eigenvalue weighted by Crippen LogP contribution is 2.46. The van der Waals surface area contributed by atoms with Gasteiger partial charge in [0.15, 0.2) is 0 Å². The van der Waals surface area contributed by atoms with Gasteiger partial charge in [-0.15, -0.1) is 11.8 Å². The average molecular weight is 218 g/mol. The van der Waals surface area contributed by atoms with Crippen LogP contribution in [0.3, 0.4) is 0 Å². The Morgan fingerprint density at radius 1 is 1.20 bits per heavy atom. The second-order valence-corrected chi connectivity index (χ2v) is 5.89. The van der Waals surface area contributed by atoms with Crippen LogP contribution in [0.15, 0.2) is 34.1 Å². The summed E-state index contributed by atoms with van der Waals surface area (Å²) in [7, 11) is 0. The molecule has 0 N–H and O–H groups in total. The van der Waals surface area contributed by atoms with Crippen molar-refractivity contribution >= 4 is 11.8 Å². The Morgan fingerprint density at radius 3 is 2.93 bits per heavy atom. The van der Waals surface area contributed by atoms with Crippen LogP contribution in [-0.2, 0) is 0 Å². The van der Waals surface area contributed by atoms with Crippen molar-refractivity contribution in [3.8, 4) is 0 Å². The van der Waals surface area contributed by atoms with Crippen LogP contribution in [0.4, 0.5) is 0 Å². The molecule has 1 unspecified atom stereocenters. The molecule has 0 saturated heterocycles. The molecule has 0 spiro atoms. The highest BCUT2D eigenvalue weighted by atomic mass is 32.2. The third kappa shape index (κ3) is 1.94. The van der Waals surface area contributed by atoms with E-state index in [1.54, 1.807) is 10.5 Å². The maximum atomic E-state index is 2.41. The normalized spacial score (nSPS) is 30.3. The summed E-state index contributed by atoms with van der Waals surface area (Å²) in [6.07, 6.45) is 15.6. The zero-order valence-electron chi connectivity index (χ0n) is 9.11. The fourth-order valence-corrected chi connectivity index (χ4v) is 4.06. The highest BCUT2D eigenvalue weighted by Gasteiger charge is 2.27. The van der Waals surface area contributed by atoms with Crippen LogP contribution in [0.5, 0.6) is 0 Å². The van der Waals surface area contributed by atoms with Crippen LogP contribution in [0.2, 0.25) is 0 Å². The first-order chi connectivity index (χ1) is 7.43. The summed E-state index contributed by atoms with van der Waals surface area (Å²) >= 11 is 1.95. The van der Waals surface area contributed by atoms with E-state index in [9.17, 15) is 0 Å². The molecule has 15 heavy (non-hydrogen) atoms. The minimum absolute atomic E-state index is 0.678. The first-order valence-electron chi connectivity index (χ1n) is 6.17. The lowest BCUT2D eigenvalue weighted by atomic mass is 9.82. The van der Waals surface area contributed by atoms with Crippen molar-refractivity contribution in [2.24, 2.45) is 11.8 Å². The Morgan fingerprint density at radius 2 is 2.07 bits per heavy atom. The fourth-order valence-electron chi connectivity index (χ4n) is 3.00. The van der Waals surface area contributed by atoms with E-state index in [0.717, 1.165) is 5.92 Å². The summed E-state index contributed by atoms with van der Waals surface area (Å²) in [6, 6.07) is 0. The Hall–Kier alpha value is -0.430. The van der Waals surface area contributed by atoms with Gasteiger partial charge in [0.1, 0.15) is 0 Å². The molecular weight excluding hydrogens is 200 g/mol. The van der Waals surface area contributed by atoms with Crippen molar-refractivity contribution < 1.29 is 0 Å². The van der Waals surface area contributed by atoms with E-state index < -0.39 is 0 Å². The van der Waals surface area contributed by atoms with Crippen LogP contribution in [-0.4, -0.2) is 0 Å². The Balaban J connectivity index is 1.63. The van der Waals surface area contributed by atoms with Gasteiger partial charge in [0.05, 0.1) is 0 Å². The molecule has 1 fully saturated rings. The second-order valence-electron chi connectivity index (χ2n) is 4.95. The maximum absolute atomic E-state index is 2.41. The number of hydrogen-bond acceptors (Lipinski definition) is 1. The third-order valence-corrected chi connectivity index (χ3v) is 4.95. The van der Waals surface area contributed by atoms with Crippen LogP contribution in [0, 0.1) is 11.8 Å². The quantitative estimate of drug-likeness (QED) is 0.649. The highest BCUT2D eigenvalue weighted by molar-refractivity contribution is 8.06. The molecule has 3 aliphatic rings. The van der Waals surface area contributed by atoms with Gasteiger partial charge in [0.2, 0.25) is 0 Å². The average Bonchev–Trinajstić information content (AvgIpc) is 2.85. The minimum Gasteiger partial charge on any atom is -0.102 e. The van der Waals surface area contributed by atoms with Gasteiger partial charge in [-0.1, -0.05) is 55.9 Å². The summed E-state index contributed by atoms with van der Waals surface area (Å²) < 4.78 is 0. The molecule has 1 heterocycles. The predicted octanol–water partition coefficient (Wildman–Crippen LogP) is 4.66. The van der Waals surface area contributed by atoms with Gasteiger partial charge in [-0.05, 0) is 17.7 Å². The molecule has 0 aromatic heterocycles. The standard InChI is InChI=1S/C14H18S/c1-2-5-11(6-3-1)9-12-10-15-14-8-4-7-13(12)14/h4,7-8,10-11,13H,1-3,5-6,9H2. The number of fused-ring (bicyclic) bond motifs is 1. The Labute approximate surface area is 96.5 Å². The van der Waals surface area contributed by atoms with Crippen LogP contribution in [0.1, 0.15) is 38.5 Å². The Kier molecular flexibility index (Phi) is 2.74. The molecular formula is C14H18S. The summed E-state index contributed by atoms with van der Waals surface area (Å²) in [5.74, 6) is 1.66. The van der Waals surface area contributed by atoms with Crippen LogP contribution in [0.25, 0.3) is 0 Å². The van der Waals surface area contributed by atoms with Gasteiger partial charge >= 0.3 is 0 Å². The van der Waals surface area contributed by atoms with Crippen molar-refractivity contribution in [1.29, 1.82) is 0 Å². The smallest absolute Gasteiger partial charge is 0.0303 e. The molecule has 1 aliphatic heterocycles. The number of thioether (sulfide) groups is 1. The SMILES string of the molecule is C1=CC2C(CC3CCCCC3)=CSC2=C1. The molecule has 0 radical (unpaired) electrons. The molecule has 1 heteroatoms. The molecule has 2 aliphatic carbocycles. The van der Waals surface area contributed by atoms with E-state index in [-0.39, 0.29) is 0 Å². The molecule has 1 atom stereocenters. The molecule has 0 aromatic carbocycles. The van der Waals surface area contributed by atoms with Crippen LogP contribution >= 0.6 is 11.8 Å². The summed E-state index contributed by atoms with van der Waals surface area (Å²) in [6.45, 7) is 0. The summed E-state index contributed by atoms with van der Waals surface area (Å²) in [4.78, 5) is 1.56. The molecule has 80 valence electrons.